The molecule has 0 bridgehead atoms. The van der Waals surface area contributed by atoms with Crippen LogP contribution in [0.3, 0.4) is 0 Å². The number of unbranched alkanes of at least 4 members (excludes halogenated alkanes) is 1. The number of amides is 4. The Morgan fingerprint density at radius 1 is 0.750 bits per heavy atom. The van der Waals surface area contributed by atoms with Gasteiger partial charge in [-0.2, -0.15) is 0 Å². The van der Waals surface area contributed by atoms with Gasteiger partial charge in [-0.15, -0.1) is 0 Å². The van der Waals surface area contributed by atoms with Gasteiger partial charge in [0.05, 0.1) is 0 Å². The van der Waals surface area contributed by atoms with Crippen molar-refractivity contribution in [2.24, 2.45) is 27.9 Å². The van der Waals surface area contributed by atoms with Crippen LogP contribution in [0.25, 0.3) is 0 Å². The number of benzene rings is 3. The summed E-state index contributed by atoms with van der Waals surface area (Å²) in [4.78, 5) is 56.4. The summed E-state index contributed by atoms with van der Waals surface area (Å²) >= 11 is 0. The third-order valence-corrected chi connectivity index (χ3v) is 7.29. The molecule has 11 N–H and O–H groups in total. The molecule has 0 aromatic heterocycles. The fourth-order valence-corrected chi connectivity index (χ4v) is 4.71. The van der Waals surface area contributed by atoms with Crippen molar-refractivity contribution in [1.82, 2.24) is 16.0 Å². The molecule has 0 aliphatic rings. The summed E-state index contributed by atoms with van der Waals surface area (Å²) in [6, 6.07) is 17.6. The number of rotatable bonds is 19. The summed E-state index contributed by atoms with van der Waals surface area (Å²) in [6.45, 7) is 0.904. The maximum absolute atomic E-state index is 13.6. The van der Waals surface area contributed by atoms with Crippen LogP contribution < -0.4 is 43.6 Å². The molecule has 0 unspecified atom stereocenters. The zero-order chi connectivity index (χ0) is 34.9. The Labute approximate surface area is 278 Å². The van der Waals surface area contributed by atoms with Crippen molar-refractivity contribution < 1.29 is 28.3 Å². The van der Waals surface area contributed by atoms with Crippen LogP contribution in [0.4, 0.5) is 4.39 Å². The first-order valence-electron chi connectivity index (χ1n) is 15.6. The van der Waals surface area contributed by atoms with Gasteiger partial charge in [0.2, 0.25) is 17.7 Å². The minimum absolute atomic E-state index is 0.120. The molecule has 256 valence electrons. The second-order valence-corrected chi connectivity index (χ2v) is 11.0. The molecule has 0 saturated heterocycles. The smallest absolute Gasteiger partial charge is 0.251 e. The van der Waals surface area contributed by atoms with Gasteiger partial charge >= 0.3 is 0 Å². The summed E-state index contributed by atoms with van der Waals surface area (Å²) < 4.78 is 19.2. The lowest BCUT2D eigenvalue weighted by atomic mass is 10.0. The summed E-state index contributed by atoms with van der Waals surface area (Å²) in [6.07, 6.45) is 1.69. The van der Waals surface area contributed by atoms with Crippen molar-refractivity contribution in [1.29, 1.82) is 0 Å². The summed E-state index contributed by atoms with van der Waals surface area (Å²) in [7, 11) is 0. The third-order valence-electron chi connectivity index (χ3n) is 7.29. The van der Waals surface area contributed by atoms with E-state index in [9.17, 15) is 23.6 Å². The van der Waals surface area contributed by atoms with E-state index >= 15 is 0 Å². The summed E-state index contributed by atoms with van der Waals surface area (Å²) in [5.41, 5.74) is 23.7. The lowest BCUT2D eigenvalue weighted by Gasteiger charge is -2.25. The van der Waals surface area contributed by atoms with Crippen LogP contribution in [0.1, 0.15) is 59.6 Å². The van der Waals surface area contributed by atoms with Gasteiger partial charge in [-0.3, -0.25) is 24.2 Å². The van der Waals surface area contributed by atoms with Crippen molar-refractivity contribution in [3.05, 3.63) is 101 Å². The average molecular weight is 663 g/mol. The van der Waals surface area contributed by atoms with Crippen LogP contribution in [0, 0.1) is 5.82 Å². The van der Waals surface area contributed by atoms with Crippen molar-refractivity contribution in [2.75, 3.05) is 13.1 Å². The molecule has 0 radical (unpaired) electrons. The second kappa shape index (κ2) is 19.2. The number of primary amides is 1. The molecule has 3 aromatic carbocycles. The van der Waals surface area contributed by atoms with E-state index in [-0.39, 0.29) is 30.9 Å². The molecule has 3 atom stereocenters. The fourth-order valence-electron chi connectivity index (χ4n) is 4.71. The standard InChI is InChI=1S/C34H43FN8O5/c35-25-15-11-24(12-16-25)31(45)41-28(10-6-20-40-34(38)39)32(46)42-27(9-4-5-19-36)33(47)43-29(30(37)44)23-13-17-26(18-14-23)48-21-22-7-2-1-3-8-22/h1-3,7-8,11-18,27-29H,4-6,9-10,19-21,36H2,(H2,37,44)(H,41,45)(H,42,46)(H,43,47)(H4,38,39,40)/t27-,28-,29+/m0/s1. The molecule has 0 fully saturated rings. The molecule has 4 amide bonds. The van der Waals surface area contributed by atoms with E-state index in [1.165, 1.54) is 12.1 Å². The third kappa shape index (κ3) is 12.4. The minimum atomic E-state index is -1.21. The number of carbonyl (C=O) groups excluding carboxylic acids is 4. The lowest BCUT2D eigenvalue weighted by Crippen LogP contribution is -2.54. The van der Waals surface area contributed by atoms with Gasteiger partial charge < -0.3 is 43.6 Å². The zero-order valence-corrected chi connectivity index (χ0v) is 26.6. The van der Waals surface area contributed by atoms with Crippen molar-refractivity contribution in [3.63, 3.8) is 0 Å². The molecule has 14 heteroatoms. The van der Waals surface area contributed by atoms with Crippen LogP contribution in [0.2, 0.25) is 0 Å². The Kier molecular flexibility index (Phi) is 14.8. The number of ether oxygens (including phenoxy) is 1. The normalized spacial score (nSPS) is 12.5. The Morgan fingerprint density at radius 3 is 2.00 bits per heavy atom. The summed E-state index contributed by atoms with van der Waals surface area (Å²) in [5.74, 6) is -2.83. The molecule has 13 nitrogen and oxygen atoms in total. The first kappa shape index (κ1) is 37.0. The van der Waals surface area contributed by atoms with E-state index in [0.717, 1.165) is 17.7 Å². The van der Waals surface area contributed by atoms with Gasteiger partial charge in [-0.25, -0.2) is 4.39 Å². The number of hydrogen-bond acceptors (Lipinski definition) is 7. The predicted octanol–water partition coefficient (Wildman–Crippen LogP) is 1.51. The topological polar surface area (TPSA) is 230 Å². The van der Waals surface area contributed by atoms with Crippen molar-refractivity contribution in [2.45, 2.75) is 56.8 Å². The van der Waals surface area contributed by atoms with E-state index in [0.29, 0.717) is 43.7 Å². The van der Waals surface area contributed by atoms with Gasteiger partial charge in [-0.1, -0.05) is 42.5 Å². The van der Waals surface area contributed by atoms with Gasteiger partial charge in [0.15, 0.2) is 5.96 Å². The number of hydrogen-bond donors (Lipinski definition) is 7. The molecule has 3 rings (SSSR count). The largest absolute Gasteiger partial charge is 0.489 e. The highest BCUT2D eigenvalue weighted by molar-refractivity contribution is 5.98. The number of aliphatic imine (C=N–C) groups is 1. The number of halogens is 1. The number of nitrogens with one attached hydrogen (secondary N) is 3. The molecule has 0 saturated carbocycles. The zero-order valence-electron chi connectivity index (χ0n) is 26.6. The molecule has 48 heavy (non-hydrogen) atoms. The Morgan fingerprint density at radius 2 is 1.38 bits per heavy atom. The first-order chi connectivity index (χ1) is 23.1. The maximum Gasteiger partial charge on any atom is 0.251 e. The highest BCUT2D eigenvalue weighted by Crippen LogP contribution is 2.20. The average Bonchev–Trinajstić information content (AvgIpc) is 3.07. The predicted molar refractivity (Wildman–Crippen MR) is 180 cm³/mol. The Hall–Kier alpha value is -5.50. The number of guanidine groups is 1. The molecular weight excluding hydrogens is 619 g/mol. The lowest BCUT2D eigenvalue weighted by molar-refractivity contribution is -0.132. The molecular formula is C34H43FN8O5. The van der Waals surface area contributed by atoms with Crippen LogP contribution in [-0.4, -0.2) is 54.8 Å². The van der Waals surface area contributed by atoms with Crippen LogP contribution in [0.15, 0.2) is 83.9 Å². The minimum Gasteiger partial charge on any atom is -0.489 e. The molecule has 0 aliphatic carbocycles. The highest BCUT2D eigenvalue weighted by Gasteiger charge is 2.29. The fraction of sp³-hybridized carbons (Fsp3) is 0.324. The Balaban J connectivity index is 1.74. The van der Waals surface area contributed by atoms with Gasteiger partial charge in [0.25, 0.3) is 5.91 Å². The number of nitrogens with zero attached hydrogens (tertiary/aromatic N) is 1. The van der Waals surface area contributed by atoms with Crippen molar-refractivity contribution >= 4 is 29.6 Å². The van der Waals surface area contributed by atoms with E-state index in [2.05, 4.69) is 20.9 Å². The first-order valence-corrected chi connectivity index (χ1v) is 15.6. The quantitative estimate of drug-likeness (QED) is 0.0564. The number of nitrogens with two attached hydrogens (primary N) is 4. The van der Waals surface area contributed by atoms with E-state index in [1.54, 1.807) is 24.3 Å². The van der Waals surface area contributed by atoms with Gasteiger partial charge in [-0.05, 0) is 86.2 Å². The van der Waals surface area contributed by atoms with Crippen molar-refractivity contribution in [3.8, 4) is 5.75 Å². The van der Waals surface area contributed by atoms with E-state index < -0.39 is 47.6 Å². The highest BCUT2D eigenvalue weighted by atomic mass is 19.1. The van der Waals surface area contributed by atoms with Gasteiger partial charge in [0, 0.05) is 12.1 Å². The van der Waals surface area contributed by atoms with Crippen LogP contribution in [0.5, 0.6) is 5.75 Å². The monoisotopic (exact) mass is 662 g/mol. The molecule has 0 spiro atoms. The SMILES string of the molecule is NCCCC[C@H](NC(=O)[C@H](CCCN=C(N)N)NC(=O)c1ccc(F)cc1)C(=O)N[C@@H](C(N)=O)c1ccc(OCc2ccccc2)cc1. The van der Waals surface area contributed by atoms with Crippen LogP contribution >= 0.6 is 0 Å². The maximum atomic E-state index is 13.6. The molecule has 0 aliphatic heterocycles. The second-order valence-electron chi connectivity index (χ2n) is 11.0. The van der Waals surface area contributed by atoms with E-state index in [1.807, 2.05) is 30.3 Å². The molecule has 0 heterocycles. The summed E-state index contributed by atoms with van der Waals surface area (Å²) in [5, 5.41) is 8.00. The Bertz CT molecular complexity index is 1520. The number of carbonyl (C=O) groups is 4. The van der Waals surface area contributed by atoms with Crippen LogP contribution in [-0.2, 0) is 21.0 Å². The van der Waals surface area contributed by atoms with E-state index in [4.69, 9.17) is 27.7 Å². The molecule has 3 aromatic rings. The van der Waals surface area contributed by atoms with Gasteiger partial charge in [0.1, 0.15) is 36.3 Å².